The maximum atomic E-state index is 8.53. The molecule has 0 aromatic rings. The molecule has 0 rings (SSSR count). The van der Waals surface area contributed by atoms with Crippen molar-refractivity contribution < 1.29 is 14.7 Å². The average molecular weight is 140 g/mol. The summed E-state index contributed by atoms with van der Waals surface area (Å²) < 4.78 is 0. The summed E-state index contributed by atoms with van der Waals surface area (Å²) in [5.74, 6) is 0. The van der Waals surface area contributed by atoms with Crippen LogP contribution in [-0.4, -0.2) is 35.9 Å². The van der Waals surface area contributed by atoms with Gasteiger partial charge in [0.25, 0.3) is 0 Å². The van der Waals surface area contributed by atoms with E-state index in [9.17, 15) is 0 Å². The fraction of sp³-hybridized carbons (Fsp3) is 1.00. The molecular formula is C3H14BO3P. The number of hydrogen-bond acceptors (Lipinski definition) is 3. The van der Waals surface area contributed by atoms with Crippen molar-refractivity contribution in [3.05, 3.63) is 0 Å². The van der Waals surface area contributed by atoms with Gasteiger partial charge in [-0.2, -0.15) is 0 Å². The molecule has 0 atom stereocenters. The number of rotatable bonds is 1. The zero-order valence-electron chi connectivity index (χ0n) is 4.50. The predicted octanol–water partition coefficient (Wildman–Crippen LogP) is -1.27. The van der Waals surface area contributed by atoms with Gasteiger partial charge in [-0.15, -0.1) is 0 Å². The first kappa shape index (κ1) is 11.2. The topological polar surface area (TPSA) is 60.7 Å². The van der Waals surface area contributed by atoms with Crippen LogP contribution in [0.4, 0.5) is 0 Å². The maximum absolute atomic E-state index is 8.53. The van der Waals surface area contributed by atoms with E-state index in [0.29, 0.717) is 0 Å². The van der Waals surface area contributed by atoms with Crippen LogP contribution < -0.4 is 0 Å². The molecule has 0 aromatic carbocycles. The van der Waals surface area contributed by atoms with Gasteiger partial charge in [0.2, 0.25) is 0 Å². The van der Waals surface area contributed by atoms with Gasteiger partial charge in [0.15, 0.2) is 0 Å². The first-order valence-corrected chi connectivity index (χ1v) is 4.80. The molecule has 52 valence electrons. The summed E-state index contributed by atoms with van der Waals surface area (Å²) in [7, 11) is -4.08. The van der Waals surface area contributed by atoms with E-state index < -0.39 is 7.28 Å². The van der Waals surface area contributed by atoms with Crippen LogP contribution in [0.5, 0.6) is 0 Å². The van der Waals surface area contributed by atoms with Gasteiger partial charge in [-0.25, -0.2) is 0 Å². The summed E-state index contributed by atoms with van der Waals surface area (Å²) in [6, 6.07) is 0. The Balaban J connectivity index is 0. The second-order valence-corrected chi connectivity index (χ2v) is 5.78. The Morgan fingerprint density at radius 3 is 1.38 bits per heavy atom. The van der Waals surface area contributed by atoms with Crippen molar-refractivity contribution in [2.75, 3.05) is 12.8 Å². The molecule has 0 saturated heterocycles. The monoisotopic (exact) mass is 140 g/mol. The molecule has 0 heterocycles. The van der Waals surface area contributed by atoms with Gasteiger partial charge >= 0.3 is 41.7 Å². The fourth-order valence-electron chi connectivity index (χ4n) is 0. The van der Waals surface area contributed by atoms with E-state index in [-0.39, 0.29) is 14.6 Å². The zero-order chi connectivity index (χ0) is 6.15. The summed E-state index contributed by atoms with van der Waals surface area (Å²) in [5, 5.41) is 0. The fourth-order valence-corrected chi connectivity index (χ4v) is 0. The minimum absolute atomic E-state index is 0. The molecule has 0 aliphatic heterocycles. The van der Waals surface area contributed by atoms with Gasteiger partial charge in [-0.05, 0) is 0 Å². The van der Waals surface area contributed by atoms with Crippen LogP contribution in [0.15, 0.2) is 0 Å². The van der Waals surface area contributed by atoms with Crippen molar-refractivity contribution in [1.29, 1.82) is 0 Å². The Labute approximate surface area is 51.1 Å². The molecule has 0 unspecified atom stereocenters. The van der Waals surface area contributed by atoms with Crippen molar-refractivity contribution in [2.45, 2.75) is 6.92 Å². The standard InChI is InChI=1S/C3H11O3P.BH3/c1-3-7(2,4,5)6;/h4-6H,3H2,1-2H3;1H3. The van der Waals surface area contributed by atoms with E-state index in [1.807, 2.05) is 0 Å². The van der Waals surface area contributed by atoms with Crippen LogP contribution in [0.1, 0.15) is 6.92 Å². The first-order valence-electron chi connectivity index (χ1n) is 2.07. The SMILES string of the molecule is B.CCP(C)(O)(O)O. The summed E-state index contributed by atoms with van der Waals surface area (Å²) in [6.45, 7) is 2.59. The molecule has 3 N–H and O–H groups in total. The molecule has 0 radical (unpaired) electrons. The summed E-state index contributed by atoms with van der Waals surface area (Å²) in [4.78, 5) is 25.6. The minimum atomic E-state index is -4.08. The van der Waals surface area contributed by atoms with Gasteiger partial charge < -0.3 is 0 Å². The molecule has 0 aromatic heterocycles. The van der Waals surface area contributed by atoms with E-state index in [4.69, 9.17) is 14.7 Å². The van der Waals surface area contributed by atoms with E-state index in [2.05, 4.69) is 0 Å². The van der Waals surface area contributed by atoms with Crippen LogP contribution in [0.3, 0.4) is 0 Å². The van der Waals surface area contributed by atoms with Crippen LogP contribution in [0.25, 0.3) is 0 Å². The Hall–Kier alpha value is 0.375. The van der Waals surface area contributed by atoms with Gasteiger partial charge in [-0.1, -0.05) is 0 Å². The Morgan fingerprint density at radius 2 is 1.38 bits per heavy atom. The quantitative estimate of drug-likeness (QED) is 0.314. The average Bonchev–Trinajstić information content (AvgIpc) is 1.32. The van der Waals surface area contributed by atoms with Crippen LogP contribution in [0.2, 0.25) is 0 Å². The summed E-state index contributed by atoms with van der Waals surface area (Å²) in [5.41, 5.74) is 0. The van der Waals surface area contributed by atoms with Crippen LogP contribution >= 0.6 is 7.28 Å². The van der Waals surface area contributed by atoms with Crippen molar-refractivity contribution >= 4 is 15.7 Å². The van der Waals surface area contributed by atoms with E-state index in [1.54, 1.807) is 0 Å². The third-order valence-corrected chi connectivity index (χ3v) is 2.22. The van der Waals surface area contributed by atoms with Gasteiger partial charge in [0.1, 0.15) is 0 Å². The molecular weight excluding hydrogens is 126 g/mol. The Kier molecular flexibility index (Phi) is 3.25. The van der Waals surface area contributed by atoms with Crippen molar-refractivity contribution in [3.63, 3.8) is 0 Å². The molecule has 0 aliphatic rings. The summed E-state index contributed by atoms with van der Waals surface area (Å²) in [6.07, 6.45) is 0.0333. The van der Waals surface area contributed by atoms with Crippen LogP contribution in [0, 0.1) is 0 Å². The summed E-state index contributed by atoms with van der Waals surface area (Å²) >= 11 is 0. The third kappa shape index (κ3) is 9.62. The second kappa shape index (κ2) is 2.32. The molecule has 8 heavy (non-hydrogen) atoms. The van der Waals surface area contributed by atoms with Crippen molar-refractivity contribution in [1.82, 2.24) is 0 Å². The van der Waals surface area contributed by atoms with Crippen molar-refractivity contribution in [3.8, 4) is 0 Å². The molecule has 0 amide bonds. The van der Waals surface area contributed by atoms with E-state index >= 15 is 0 Å². The van der Waals surface area contributed by atoms with Gasteiger partial charge in [0.05, 0.1) is 8.41 Å². The van der Waals surface area contributed by atoms with E-state index in [0.717, 1.165) is 6.66 Å². The third-order valence-electron chi connectivity index (χ3n) is 0.740. The van der Waals surface area contributed by atoms with Crippen LogP contribution in [-0.2, 0) is 0 Å². The van der Waals surface area contributed by atoms with Gasteiger partial charge in [-0.3, -0.25) is 0 Å². The second-order valence-electron chi connectivity index (χ2n) is 1.93. The first-order chi connectivity index (χ1) is 2.81. The normalized spacial score (nSPS) is 15.9. The Bertz CT molecular complexity index is 67.1. The van der Waals surface area contributed by atoms with Crippen molar-refractivity contribution in [2.24, 2.45) is 0 Å². The molecule has 0 saturated carbocycles. The zero-order valence-corrected chi connectivity index (χ0v) is 5.39. The molecule has 0 fully saturated rings. The molecule has 0 spiro atoms. The predicted molar refractivity (Wildman–Crippen MR) is 40.0 cm³/mol. The number of hydrogen-bond donors (Lipinski definition) is 3. The Morgan fingerprint density at radius 1 is 1.25 bits per heavy atom. The van der Waals surface area contributed by atoms with Gasteiger partial charge in [0, 0.05) is 0 Å². The molecule has 5 heteroatoms. The van der Waals surface area contributed by atoms with E-state index in [1.165, 1.54) is 6.92 Å². The molecule has 3 nitrogen and oxygen atoms in total. The molecule has 0 aliphatic carbocycles. The molecule has 0 bridgehead atoms.